The number of nitrogens with one attached hydrogen (secondary N) is 1. The van der Waals surface area contributed by atoms with Gasteiger partial charge in [0.1, 0.15) is 12.1 Å². The number of oxazole rings is 1. The number of rotatable bonds is 5. The lowest BCUT2D eigenvalue weighted by Gasteiger charge is -2.16. The Morgan fingerprint density at radius 1 is 1.16 bits per heavy atom. The second kappa shape index (κ2) is 5.84. The molecule has 0 spiro atoms. The zero-order valence-corrected chi connectivity index (χ0v) is 10.9. The highest BCUT2D eigenvalue weighted by atomic mass is 16.3. The molecule has 1 aliphatic rings. The van der Waals surface area contributed by atoms with Crippen LogP contribution in [0.3, 0.4) is 0 Å². The van der Waals surface area contributed by atoms with Gasteiger partial charge in [-0.1, -0.05) is 6.07 Å². The van der Waals surface area contributed by atoms with E-state index in [1.807, 2.05) is 6.20 Å². The highest BCUT2D eigenvalue weighted by Gasteiger charge is 2.12. The summed E-state index contributed by atoms with van der Waals surface area (Å²) in [4.78, 5) is 10.9. The number of hydrogen-bond donors (Lipinski definition) is 1. The molecule has 3 heterocycles. The molecule has 2 aromatic rings. The standard InChI is InChI=1S/C14H18N4O/c1-2-6-18(5-1)14-4-3-12(8-16-14)7-15-9-13-10-19-11-17-13/h3-4,8,10-11,15H,1-2,5-7,9H2. The molecule has 3 rings (SSSR count). The Hall–Kier alpha value is -1.88. The molecule has 0 unspecified atom stereocenters. The molecule has 1 saturated heterocycles. The summed E-state index contributed by atoms with van der Waals surface area (Å²) in [5, 5.41) is 3.32. The van der Waals surface area contributed by atoms with Crippen molar-refractivity contribution < 1.29 is 4.42 Å². The van der Waals surface area contributed by atoms with E-state index in [0.717, 1.165) is 31.1 Å². The Labute approximate surface area is 112 Å². The molecule has 100 valence electrons. The van der Waals surface area contributed by atoms with Gasteiger partial charge >= 0.3 is 0 Å². The molecule has 0 aliphatic carbocycles. The Balaban J connectivity index is 1.51. The molecule has 19 heavy (non-hydrogen) atoms. The van der Waals surface area contributed by atoms with Crippen LogP contribution in [0.1, 0.15) is 24.1 Å². The number of anilines is 1. The molecule has 0 radical (unpaired) electrons. The topological polar surface area (TPSA) is 54.2 Å². The molecule has 0 atom stereocenters. The molecule has 1 N–H and O–H groups in total. The summed E-state index contributed by atoms with van der Waals surface area (Å²) in [6.07, 6.45) is 7.61. The van der Waals surface area contributed by atoms with E-state index in [-0.39, 0.29) is 0 Å². The van der Waals surface area contributed by atoms with Crippen molar-refractivity contribution >= 4 is 5.82 Å². The van der Waals surface area contributed by atoms with Crippen LogP contribution in [0, 0.1) is 0 Å². The zero-order valence-electron chi connectivity index (χ0n) is 10.9. The van der Waals surface area contributed by atoms with Crippen LogP contribution in [0.2, 0.25) is 0 Å². The minimum Gasteiger partial charge on any atom is -0.451 e. The first kappa shape index (κ1) is 12.2. The van der Waals surface area contributed by atoms with Gasteiger partial charge in [0.05, 0.1) is 5.69 Å². The third-order valence-electron chi connectivity index (χ3n) is 3.36. The molecule has 1 fully saturated rings. The van der Waals surface area contributed by atoms with Crippen molar-refractivity contribution in [2.24, 2.45) is 0 Å². The summed E-state index contributed by atoms with van der Waals surface area (Å²) >= 11 is 0. The van der Waals surface area contributed by atoms with Gasteiger partial charge in [-0.25, -0.2) is 9.97 Å². The van der Waals surface area contributed by atoms with E-state index >= 15 is 0 Å². The fourth-order valence-corrected chi connectivity index (χ4v) is 2.31. The van der Waals surface area contributed by atoms with E-state index in [4.69, 9.17) is 4.42 Å². The Bertz CT molecular complexity index is 489. The highest BCUT2D eigenvalue weighted by Crippen LogP contribution is 2.17. The lowest BCUT2D eigenvalue weighted by Crippen LogP contribution is -2.19. The van der Waals surface area contributed by atoms with E-state index in [1.54, 1.807) is 6.26 Å². The highest BCUT2D eigenvalue weighted by molar-refractivity contribution is 5.40. The summed E-state index contributed by atoms with van der Waals surface area (Å²) in [5.74, 6) is 1.10. The normalized spacial score (nSPS) is 15.1. The molecule has 2 aromatic heterocycles. The summed E-state index contributed by atoms with van der Waals surface area (Å²) < 4.78 is 4.92. The van der Waals surface area contributed by atoms with Gasteiger partial charge in [-0.15, -0.1) is 0 Å². The van der Waals surface area contributed by atoms with E-state index in [2.05, 4.69) is 32.3 Å². The van der Waals surface area contributed by atoms with Crippen LogP contribution in [-0.2, 0) is 13.1 Å². The van der Waals surface area contributed by atoms with Gasteiger partial charge in [0, 0.05) is 32.4 Å². The largest absolute Gasteiger partial charge is 0.451 e. The lowest BCUT2D eigenvalue weighted by atomic mass is 10.2. The second-order valence-corrected chi connectivity index (χ2v) is 4.80. The van der Waals surface area contributed by atoms with Gasteiger partial charge in [-0.2, -0.15) is 0 Å². The summed E-state index contributed by atoms with van der Waals surface area (Å²) in [7, 11) is 0. The quantitative estimate of drug-likeness (QED) is 0.888. The smallest absolute Gasteiger partial charge is 0.180 e. The fraction of sp³-hybridized carbons (Fsp3) is 0.429. The minimum atomic E-state index is 0.713. The monoisotopic (exact) mass is 258 g/mol. The average Bonchev–Trinajstić information content (AvgIpc) is 3.13. The average molecular weight is 258 g/mol. The van der Waals surface area contributed by atoms with Gasteiger partial charge in [-0.05, 0) is 24.5 Å². The van der Waals surface area contributed by atoms with Crippen LogP contribution in [0.15, 0.2) is 35.4 Å². The van der Waals surface area contributed by atoms with E-state index in [0.29, 0.717) is 6.54 Å². The molecule has 0 amide bonds. The first-order valence-electron chi connectivity index (χ1n) is 6.69. The van der Waals surface area contributed by atoms with Crippen LogP contribution in [0.4, 0.5) is 5.82 Å². The summed E-state index contributed by atoms with van der Waals surface area (Å²) in [6.45, 7) is 3.78. The number of nitrogens with zero attached hydrogens (tertiary/aromatic N) is 3. The summed E-state index contributed by atoms with van der Waals surface area (Å²) in [6, 6.07) is 4.24. The Morgan fingerprint density at radius 3 is 2.74 bits per heavy atom. The van der Waals surface area contributed by atoms with Gasteiger partial charge in [-0.3, -0.25) is 0 Å². The van der Waals surface area contributed by atoms with Crippen LogP contribution >= 0.6 is 0 Å². The molecule has 5 heteroatoms. The molecule has 0 aromatic carbocycles. The number of hydrogen-bond acceptors (Lipinski definition) is 5. The van der Waals surface area contributed by atoms with Gasteiger partial charge < -0.3 is 14.6 Å². The SMILES string of the molecule is c1nc(CNCc2ccc(N3CCCC3)nc2)co1. The zero-order chi connectivity index (χ0) is 12.9. The van der Waals surface area contributed by atoms with Crippen LogP contribution in [0.25, 0.3) is 0 Å². The van der Waals surface area contributed by atoms with Crippen molar-refractivity contribution in [3.63, 3.8) is 0 Å². The molecule has 0 saturated carbocycles. The van der Waals surface area contributed by atoms with Crippen molar-refractivity contribution in [1.82, 2.24) is 15.3 Å². The number of pyridine rings is 1. The predicted molar refractivity (Wildman–Crippen MR) is 72.7 cm³/mol. The number of aromatic nitrogens is 2. The first-order chi connectivity index (χ1) is 9.42. The third-order valence-corrected chi connectivity index (χ3v) is 3.36. The van der Waals surface area contributed by atoms with E-state index < -0.39 is 0 Å². The molecule has 1 aliphatic heterocycles. The van der Waals surface area contributed by atoms with Crippen LogP contribution in [0.5, 0.6) is 0 Å². The minimum absolute atomic E-state index is 0.713. The fourth-order valence-electron chi connectivity index (χ4n) is 2.31. The van der Waals surface area contributed by atoms with E-state index in [1.165, 1.54) is 24.8 Å². The summed E-state index contributed by atoms with van der Waals surface area (Å²) in [5.41, 5.74) is 2.10. The lowest BCUT2D eigenvalue weighted by molar-refractivity contribution is 0.554. The van der Waals surface area contributed by atoms with Gasteiger partial charge in [0.2, 0.25) is 0 Å². The Morgan fingerprint density at radius 2 is 2.05 bits per heavy atom. The maximum atomic E-state index is 4.92. The molecule has 5 nitrogen and oxygen atoms in total. The molecule has 0 bridgehead atoms. The van der Waals surface area contributed by atoms with Crippen molar-refractivity contribution in [3.05, 3.63) is 42.2 Å². The first-order valence-corrected chi connectivity index (χ1v) is 6.69. The van der Waals surface area contributed by atoms with Crippen molar-refractivity contribution in [2.45, 2.75) is 25.9 Å². The third kappa shape index (κ3) is 3.12. The van der Waals surface area contributed by atoms with Crippen LogP contribution < -0.4 is 10.2 Å². The predicted octanol–water partition coefficient (Wildman–Crippen LogP) is 1.96. The maximum absolute atomic E-state index is 4.92. The molecular weight excluding hydrogens is 240 g/mol. The maximum Gasteiger partial charge on any atom is 0.180 e. The van der Waals surface area contributed by atoms with Gasteiger partial charge in [0.25, 0.3) is 0 Å². The van der Waals surface area contributed by atoms with E-state index in [9.17, 15) is 0 Å². The van der Waals surface area contributed by atoms with Gasteiger partial charge in [0.15, 0.2) is 6.39 Å². The van der Waals surface area contributed by atoms with Crippen LogP contribution in [-0.4, -0.2) is 23.1 Å². The second-order valence-electron chi connectivity index (χ2n) is 4.80. The van der Waals surface area contributed by atoms with Crippen molar-refractivity contribution in [3.8, 4) is 0 Å². The van der Waals surface area contributed by atoms with Crippen molar-refractivity contribution in [2.75, 3.05) is 18.0 Å². The molecular formula is C14H18N4O. The Kier molecular flexibility index (Phi) is 3.74. The van der Waals surface area contributed by atoms with Crippen molar-refractivity contribution in [1.29, 1.82) is 0 Å².